The summed E-state index contributed by atoms with van der Waals surface area (Å²) in [5.41, 5.74) is 4.38. The number of carbonyl (C=O) groups excluding carboxylic acids is 1. The monoisotopic (exact) mass is 190 g/mol. The van der Waals surface area contributed by atoms with Crippen LogP contribution in [0.4, 0.5) is 0 Å². The number of hydrogen-bond donors (Lipinski definition) is 0. The molecule has 1 heteroatoms. The molecule has 0 saturated heterocycles. The fourth-order valence-corrected chi connectivity index (χ4v) is 1.97. The summed E-state index contributed by atoms with van der Waals surface area (Å²) < 4.78 is 0. The van der Waals surface area contributed by atoms with Gasteiger partial charge in [0.25, 0.3) is 0 Å². The highest BCUT2D eigenvalue weighted by Crippen LogP contribution is 2.18. The van der Waals surface area contributed by atoms with Crippen molar-refractivity contribution in [3.63, 3.8) is 0 Å². The Kier molecular flexibility index (Phi) is 3.45. The van der Waals surface area contributed by atoms with Crippen LogP contribution in [0, 0.1) is 20.8 Å². The zero-order chi connectivity index (χ0) is 10.7. The minimum atomic E-state index is 0.280. The van der Waals surface area contributed by atoms with Crippen LogP contribution in [0.3, 0.4) is 0 Å². The van der Waals surface area contributed by atoms with Crippen LogP contribution in [0.2, 0.25) is 0 Å². The molecular formula is C13H18O. The van der Waals surface area contributed by atoms with E-state index in [0.29, 0.717) is 6.42 Å². The molecule has 0 radical (unpaired) electrons. The van der Waals surface area contributed by atoms with Crippen molar-refractivity contribution in [2.75, 3.05) is 0 Å². The first-order chi connectivity index (χ1) is 6.56. The summed E-state index contributed by atoms with van der Waals surface area (Å²) in [6, 6.07) is 4.16. The molecule has 0 unspecified atom stereocenters. The van der Waals surface area contributed by atoms with E-state index in [2.05, 4.69) is 19.1 Å². The lowest BCUT2D eigenvalue weighted by Crippen LogP contribution is -2.04. The quantitative estimate of drug-likeness (QED) is 0.666. The number of rotatable bonds is 3. The van der Waals surface area contributed by atoms with Gasteiger partial charge in [0.2, 0.25) is 0 Å². The minimum absolute atomic E-state index is 0.280. The Balaban J connectivity index is 3.14. The fourth-order valence-electron chi connectivity index (χ4n) is 1.97. The summed E-state index contributed by atoms with van der Waals surface area (Å²) in [7, 11) is 0. The summed E-state index contributed by atoms with van der Waals surface area (Å²) in [5, 5.41) is 0. The molecule has 0 saturated carbocycles. The van der Waals surface area contributed by atoms with Gasteiger partial charge in [0.15, 0.2) is 5.78 Å². The van der Waals surface area contributed by atoms with Crippen molar-refractivity contribution in [3.05, 3.63) is 34.4 Å². The highest BCUT2D eigenvalue weighted by Gasteiger charge is 2.11. The molecule has 76 valence electrons. The number of hydrogen-bond acceptors (Lipinski definition) is 1. The van der Waals surface area contributed by atoms with Crippen LogP contribution in [0.15, 0.2) is 12.1 Å². The third-order valence-electron chi connectivity index (χ3n) is 2.43. The minimum Gasteiger partial charge on any atom is -0.294 e. The van der Waals surface area contributed by atoms with E-state index in [0.717, 1.165) is 23.1 Å². The number of Topliss-reactive ketones (excluding diaryl/α,β-unsaturated/α-hetero) is 1. The molecule has 0 atom stereocenters. The molecule has 0 amide bonds. The third kappa shape index (κ3) is 2.22. The molecule has 0 aromatic heterocycles. The fraction of sp³-hybridized carbons (Fsp3) is 0.462. The topological polar surface area (TPSA) is 17.1 Å². The number of benzene rings is 1. The van der Waals surface area contributed by atoms with Crippen LogP contribution in [0.25, 0.3) is 0 Å². The van der Waals surface area contributed by atoms with E-state index in [9.17, 15) is 4.79 Å². The van der Waals surface area contributed by atoms with Crippen LogP contribution in [-0.4, -0.2) is 5.78 Å². The molecule has 0 fully saturated rings. The van der Waals surface area contributed by atoms with Crippen LogP contribution in [0.5, 0.6) is 0 Å². The lowest BCUT2D eigenvalue weighted by Gasteiger charge is -2.09. The van der Waals surface area contributed by atoms with E-state index in [1.165, 1.54) is 5.56 Å². The van der Waals surface area contributed by atoms with Crippen LogP contribution >= 0.6 is 0 Å². The van der Waals surface area contributed by atoms with Crippen molar-refractivity contribution in [1.29, 1.82) is 0 Å². The van der Waals surface area contributed by atoms with Gasteiger partial charge in [0.1, 0.15) is 0 Å². The van der Waals surface area contributed by atoms with Crippen LogP contribution in [-0.2, 0) is 0 Å². The Hall–Kier alpha value is -1.11. The molecule has 1 aromatic carbocycles. The second-order valence-corrected chi connectivity index (χ2v) is 3.95. The van der Waals surface area contributed by atoms with Crippen LogP contribution < -0.4 is 0 Å². The van der Waals surface area contributed by atoms with E-state index < -0.39 is 0 Å². The highest BCUT2D eigenvalue weighted by atomic mass is 16.1. The standard InChI is InChI=1S/C13H18O/c1-5-6-12(14)13-10(3)7-9(2)8-11(13)4/h7-8H,5-6H2,1-4H3. The maximum absolute atomic E-state index is 11.8. The molecule has 0 heterocycles. The van der Waals surface area contributed by atoms with Crippen molar-refractivity contribution < 1.29 is 4.79 Å². The Bertz CT molecular complexity index is 327. The smallest absolute Gasteiger partial charge is 0.163 e. The summed E-state index contributed by atoms with van der Waals surface area (Å²) in [6.07, 6.45) is 1.58. The Labute approximate surface area is 86.1 Å². The summed E-state index contributed by atoms with van der Waals surface area (Å²) >= 11 is 0. The molecule has 0 N–H and O–H groups in total. The maximum Gasteiger partial charge on any atom is 0.163 e. The van der Waals surface area contributed by atoms with Gasteiger partial charge in [-0.05, 0) is 38.3 Å². The van der Waals surface area contributed by atoms with Crippen LogP contribution in [0.1, 0.15) is 46.8 Å². The molecule has 0 spiro atoms. The molecule has 0 bridgehead atoms. The second kappa shape index (κ2) is 4.41. The van der Waals surface area contributed by atoms with Crippen molar-refractivity contribution in [2.24, 2.45) is 0 Å². The van der Waals surface area contributed by atoms with Crippen molar-refractivity contribution >= 4 is 5.78 Å². The van der Waals surface area contributed by atoms with E-state index in [1.807, 2.05) is 20.8 Å². The zero-order valence-corrected chi connectivity index (χ0v) is 9.48. The van der Waals surface area contributed by atoms with Crippen molar-refractivity contribution in [3.8, 4) is 0 Å². The van der Waals surface area contributed by atoms with Gasteiger partial charge < -0.3 is 0 Å². The Morgan fingerprint density at radius 1 is 1.14 bits per heavy atom. The Morgan fingerprint density at radius 3 is 2.07 bits per heavy atom. The molecule has 1 rings (SSSR count). The van der Waals surface area contributed by atoms with Gasteiger partial charge in [-0.25, -0.2) is 0 Å². The van der Waals surface area contributed by atoms with Gasteiger partial charge in [0, 0.05) is 12.0 Å². The van der Waals surface area contributed by atoms with Gasteiger partial charge in [-0.3, -0.25) is 4.79 Å². The van der Waals surface area contributed by atoms with Gasteiger partial charge in [0.05, 0.1) is 0 Å². The summed E-state index contributed by atoms with van der Waals surface area (Å²) in [5.74, 6) is 0.280. The molecule has 14 heavy (non-hydrogen) atoms. The van der Waals surface area contributed by atoms with E-state index >= 15 is 0 Å². The SMILES string of the molecule is CCCC(=O)c1c(C)cc(C)cc1C. The van der Waals surface area contributed by atoms with E-state index in [-0.39, 0.29) is 5.78 Å². The first kappa shape index (κ1) is 11.0. The first-order valence-electron chi connectivity index (χ1n) is 5.17. The Morgan fingerprint density at radius 2 is 1.64 bits per heavy atom. The first-order valence-corrected chi connectivity index (χ1v) is 5.17. The van der Waals surface area contributed by atoms with E-state index in [1.54, 1.807) is 0 Å². The summed E-state index contributed by atoms with van der Waals surface area (Å²) in [4.78, 5) is 11.8. The average molecular weight is 190 g/mol. The largest absolute Gasteiger partial charge is 0.294 e. The number of carbonyl (C=O) groups is 1. The average Bonchev–Trinajstić information content (AvgIpc) is 2.01. The lowest BCUT2D eigenvalue weighted by molar-refractivity contribution is 0.0980. The number of ketones is 1. The molecule has 0 aliphatic heterocycles. The number of aryl methyl sites for hydroxylation is 3. The normalized spacial score (nSPS) is 10.3. The zero-order valence-electron chi connectivity index (χ0n) is 9.48. The maximum atomic E-state index is 11.8. The summed E-state index contributed by atoms with van der Waals surface area (Å²) in [6.45, 7) is 8.14. The predicted molar refractivity (Wildman–Crippen MR) is 59.9 cm³/mol. The second-order valence-electron chi connectivity index (χ2n) is 3.95. The molecular weight excluding hydrogens is 172 g/mol. The van der Waals surface area contributed by atoms with E-state index in [4.69, 9.17) is 0 Å². The molecule has 0 aliphatic carbocycles. The molecule has 1 nitrogen and oxygen atoms in total. The highest BCUT2D eigenvalue weighted by molar-refractivity contribution is 5.98. The molecule has 0 aliphatic rings. The predicted octanol–water partition coefficient (Wildman–Crippen LogP) is 3.59. The van der Waals surface area contributed by atoms with Crippen molar-refractivity contribution in [2.45, 2.75) is 40.5 Å². The van der Waals surface area contributed by atoms with Gasteiger partial charge in [-0.15, -0.1) is 0 Å². The third-order valence-corrected chi connectivity index (χ3v) is 2.43. The van der Waals surface area contributed by atoms with Crippen molar-refractivity contribution in [1.82, 2.24) is 0 Å². The molecule has 1 aromatic rings. The van der Waals surface area contributed by atoms with Gasteiger partial charge >= 0.3 is 0 Å². The van der Waals surface area contributed by atoms with Gasteiger partial charge in [-0.2, -0.15) is 0 Å². The van der Waals surface area contributed by atoms with Gasteiger partial charge in [-0.1, -0.05) is 24.6 Å². The lowest BCUT2D eigenvalue weighted by atomic mass is 9.95.